The van der Waals surface area contributed by atoms with Crippen LogP contribution in [0.2, 0.25) is 0 Å². The van der Waals surface area contributed by atoms with E-state index >= 15 is 0 Å². The number of rotatable bonds is 40. The van der Waals surface area contributed by atoms with Crippen LogP contribution in [0.1, 0.15) is 194 Å². The van der Waals surface area contributed by atoms with Crippen LogP contribution < -0.4 is 0 Å². The molecule has 2 atom stereocenters. The fraction of sp³-hybridized carbons (Fsp3) is 0.929. The quantitative estimate of drug-likeness (QED) is 0.0219. The van der Waals surface area contributed by atoms with Crippen LogP contribution >= 0.6 is 7.82 Å². The zero-order chi connectivity index (χ0) is 37.7. The van der Waals surface area contributed by atoms with Gasteiger partial charge in [-0.25, -0.2) is 4.57 Å². The summed E-state index contributed by atoms with van der Waals surface area (Å²) in [6.45, 7) is 5.52. The number of esters is 1. The highest BCUT2D eigenvalue weighted by molar-refractivity contribution is 7.47. The standard InChI is InChI=1S/C42H84NO7P/c1-6-8-10-12-14-16-18-20-21-22-24-26-28-30-32-34-37-47-41(40-50-51(45,46)49-38-36-43(3,4)5)39-48-42(44)35-33-31-29-27-25-23-19-17-15-13-11-9-7-2/h20-21,41H,6-19,22-40H2,1-5H3/p+1/t41-/m1/s1. The average Bonchev–Trinajstić information content (AvgIpc) is 3.08. The third-order valence-electron chi connectivity index (χ3n) is 9.36. The van der Waals surface area contributed by atoms with Gasteiger partial charge in [-0.05, 0) is 38.5 Å². The highest BCUT2D eigenvalue weighted by atomic mass is 31.2. The number of likely N-dealkylation sites (N-methyl/N-ethyl adjacent to an activating group) is 1. The van der Waals surface area contributed by atoms with E-state index in [9.17, 15) is 14.3 Å². The number of quaternary nitrogens is 1. The van der Waals surface area contributed by atoms with Crippen molar-refractivity contribution in [1.82, 2.24) is 0 Å². The molecule has 0 saturated heterocycles. The highest BCUT2D eigenvalue weighted by Crippen LogP contribution is 2.43. The zero-order valence-corrected chi connectivity index (χ0v) is 35.3. The van der Waals surface area contributed by atoms with E-state index in [1.165, 1.54) is 135 Å². The van der Waals surface area contributed by atoms with Gasteiger partial charge in [0.15, 0.2) is 0 Å². The summed E-state index contributed by atoms with van der Waals surface area (Å²) in [5, 5.41) is 0. The van der Waals surface area contributed by atoms with Crippen molar-refractivity contribution in [2.75, 3.05) is 54.1 Å². The predicted octanol–water partition coefficient (Wildman–Crippen LogP) is 12.3. The van der Waals surface area contributed by atoms with Crippen molar-refractivity contribution < 1.29 is 37.3 Å². The molecule has 0 aliphatic heterocycles. The molecule has 0 rings (SSSR count). The second kappa shape index (κ2) is 36.2. The van der Waals surface area contributed by atoms with Crippen molar-refractivity contribution in [3.05, 3.63) is 12.2 Å². The zero-order valence-electron chi connectivity index (χ0n) is 34.4. The first-order chi connectivity index (χ1) is 24.6. The molecule has 1 unspecified atom stereocenters. The van der Waals surface area contributed by atoms with E-state index in [1.807, 2.05) is 21.1 Å². The number of phosphoric acid groups is 1. The van der Waals surface area contributed by atoms with E-state index in [0.717, 1.165) is 38.5 Å². The summed E-state index contributed by atoms with van der Waals surface area (Å²) in [5.74, 6) is -0.254. The van der Waals surface area contributed by atoms with Crippen LogP contribution in [0.5, 0.6) is 0 Å². The highest BCUT2D eigenvalue weighted by Gasteiger charge is 2.25. The Bertz CT molecular complexity index is 833. The number of allylic oxidation sites excluding steroid dienone is 2. The van der Waals surface area contributed by atoms with Gasteiger partial charge in [0.2, 0.25) is 0 Å². The fourth-order valence-corrected chi connectivity index (χ4v) is 6.68. The molecule has 0 bridgehead atoms. The lowest BCUT2D eigenvalue weighted by molar-refractivity contribution is -0.870. The van der Waals surface area contributed by atoms with Gasteiger partial charge < -0.3 is 18.9 Å². The second-order valence-electron chi connectivity index (χ2n) is 15.7. The number of carbonyl (C=O) groups is 1. The maximum Gasteiger partial charge on any atom is 0.472 e. The molecular weight excluding hydrogens is 661 g/mol. The Kier molecular flexibility index (Phi) is 35.7. The van der Waals surface area contributed by atoms with Gasteiger partial charge in [0, 0.05) is 13.0 Å². The molecule has 1 N–H and O–H groups in total. The lowest BCUT2D eigenvalue weighted by atomic mass is 10.0. The van der Waals surface area contributed by atoms with E-state index in [1.54, 1.807) is 0 Å². The van der Waals surface area contributed by atoms with E-state index in [-0.39, 0.29) is 25.8 Å². The Morgan fingerprint density at radius 3 is 1.49 bits per heavy atom. The first-order valence-corrected chi connectivity index (χ1v) is 22.9. The third-order valence-corrected chi connectivity index (χ3v) is 10.3. The number of hydrogen-bond donors (Lipinski definition) is 1. The lowest BCUT2D eigenvalue weighted by Gasteiger charge is -2.24. The van der Waals surface area contributed by atoms with Crippen LogP contribution in [0.4, 0.5) is 0 Å². The largest absolute Gasteiger partial charge is 0.472 e. The Morgan fingerprint density at radius 1 is 0.588 bits per heavy atom. The maximum atomic E-state index is 12.5. The molecule has 0 saturated carbocycles. The molecule has 51 heavy (non-hydrogen) atoms. The maximum absolute atomic E-state index is 12.5. The third kappa shape index (κ3) is 40.3. The number of unbranched alkanes of at least 4 members (excludes halogenated alkanes) is 24. The summed E-state index contributed by atoms with van der Waals surface area (Å²) in [4.78, 5) is 22.6. The van der Waals surface area contributed by atoms with Gasteiger partial charge >= 0.3 is 13.8 Å². The molecule has 0 aliphatic rings. The van der Waals surface area contributed by atoms with E-state index in [2.05, 4.69) is 26.0 Å². The minimum absolute atomic E-state index is 0.00251. The average molecular weight is 747 g/mol. The molecule has 0 spiro atoms. The van der Waals surface area contributed by atoms with Gasteiger partial charge in [-0.15, -0.1) is 0 Å². The monoisotopic (exact) mass is 747 g/mol. The minimum Gasteiger partial charge on any atom is -0.463 e. The van der Waals surface area contributed by atoms with Crippen molar-refractivity contribution in [2.45, 2.75) is 200 Å². The van der Waals surface area contributed by atoms with Crippen LogP contribution in [0, 0.1) is 0 Å². The normalized spacial score (nSPS) is 13.9. The van der Waals surface area contributed by atoms with Gasteiger partial charge in [-0.2, -0.15) is 0 Å². The van der Waals surface area contributed by atoms with Crippen LogP contribution in [-0.2, 0) is 27.9 Å². The van der Waals surface area contributed by atoms with E-state index in [0.29, 0.717) is 24.1 Å². The number of ether oxygens (including phenoxy) is 2. The van der Waals surface area contributed by atoms with Crippen LogP contribution in [-0.4, -0.2) is 75.6 Å². The van der Waals surface area contributed by atoms with Gasteiger partial charge in [-0.1, -0.05) is 161 Å². The van der Waals surface area contributed by atoms with E-state index in [4.69, 9.17) is 18.5 Å². The molecule has 0 radical (unpaired) electrons. The summed E-state index contributed by atoms with van der Waals surface area (Å²) >= 11 is 0. The summed E-state index contributed by atoms with van der Waals surface area (Å²) < 4.78 is 35.0. The Balaban J connectivity index is 4.23. The number of nitrogens with zero attached hydrogens (tertiary/aromatic N) is 1. The smallest absolute Gasteiger partial charge is 0.463 e. The van der Waals surface area contributed by atoms with Crippen molar-refractivity contribution >= 4 is 13.8 Å². The first kappa shape index (κ1) is 50.2. The van der Waals surface area contributed by atoms with Crippen molar-refractivity contribution in [2.24, 2.45) is 0 Å². The lowest BCUT2D eigenvalue weighted by Crippen LogP contribution is -2.37. The molecule has 0 aliphatic carbocycles. The van der Waals surface area contributed by atoms with Crippen LogP contribution in [0.15, 0.2) is 12.2 Å². The van der Waals surface area contributed by atoms with Crippen molar-refractivity contribution in [3.63, 3.8) is 0 Å². The van der Waals surface area contributed by atoms with E-state index < -0.39 is 13.9 Å². The van der Waals surface area contributed by atoms with Crippen molar-refractivity contribution in [1.29, 1.82) is 0 Å². The molecule has 8 nitrogen and oxygen atoms in total. The molecule has 304 valence electrons. The number of carbonyl (C=O) groups excluding carboxylic acids is 1. The Morgan fingerprint density at radius 2 is 1.02 bits per heavy atom. The number of phosphoric ester groups is 1. The molecule has 0 aromatic rings. The van der Waals surface area contributed by atoms with Gasteiger partial charge in [-0.3, -0.25) is 13.8 Å². The molecular formula is C42H85NO7P+. The molecule has 0 aromatic carbocycles. The summed E-state index contributed by atoms with van der Waals surface area (Å²) in [6, 6.07) is 0. The molecule has 9 heteroatoms. The van der Waals surface area contributed by atoms with Gasteiger partial charge in [0.1, 0.15) is 25.9 Å². The first-order valence-electron chi connectivity index (χ1n) is 21.4. The summed E-state index contributed by atoms with van der Waals surface area (Å²) in [5.41, 5.74) is 0. The molecule has 0 aromatic heterocycles. The SMILES string of the molecule is CCCCCCCCC=CCCCCCCCCO[C@H](COC(=O)CCCCCCCCCCCCCCC)COP(=O)(O)OCC[N+](C)(C)C. The van der Waals surface area contributed by atoms with Crippen LogP contribution in [0.3, 0.4) is 0 Å². The van der Waals surface area contributed by atoms with Crippen molar-refractivity contribution in [3.8, 4) is 0 Å². The Labute approximate surface area is 316 Å². The molecule has 0 heterocycles. The summed E-state index contributed by atoms with van der Waals surface area (Å²) in [7, 11) is 1.72. The summed E-state index contributed by atoms with van der Waals surface area (Å²) in [6.07, 6.45) is 38.2. The van der Waals surface area contributed by atoms with Gasteiger partial charge in [0.05, 0.1) is 27.7 Å². The molecule has 0 fully saturated rings. The molecule has 0 amide bonds. The van der Waals surface area contributed by atoms with Crippen LogP contribution in [0.25, 0.3) is 0 Å². The topological polar surface area (TPSA) is 91.3 Å². The Hall–Kier alpha value is -0.760. The number of hydrogen-bond acceptors (Lipinski definition) is 6. The second-order valence-corrected chi connectivity index (χ2v) is 17.2. The predicted molar refractivity (Wildman–Crippen MR) is 215 cm³/mol. The van der Waals surface area contributed by atoms with Gasteiger partial charge in [0.25, 0.3) is 0 Å². The fourth-order valence-electron chi connectivity index (χ4n) is 5.93. The minimum atomic E-state index is -4.24.